The van der Waals surface area contributed by atoms with Crippen LogP contribution in [-0.4, -0.2) is 26.8 Å². The zero-order valence-electron chi connectivity index (χ0n) is 15.5. The molecule has 2 aromatic rings. The molecule has 1 saturated carbocycles. The second-order valence-electron chi connectivity index (χ2n) is 7.25. The van der Waals surface area contributed by atoms with Gasteiger partial charge < -0.3 is 5.32 Å². The van der Waals surface area contributed by atoms with Crippen molar-refractivity contribution in [1.82, 2.24) is 14.9 Å². The van der Waals surface area contributed by atoms with Gasteiger partial charge in [0.1, 0.15) is 5.54 Å². The molecule has 0 radical (unpaired) electrons. The van der Waals surface area contributed by atoms with E-state index < -0.39 is 5.54 Å². The van der Waals surface area contributed by atoms with Gasteiger partial charge in [-0.2, -0.15) is 5.26 Å². The zero-order chi connectivity index (χ0) is 19.8. The summed E-state index contributed by atoms with van der Waals surface area (Å²) in [7, 11) is 0. The number of nitriles is 1. The van der Waals surface area contributed by atoms with Crippen LogP contribution in [0.4, 0.5) is 0 Å². The number of benzene rings is 1. The van der Waals surface area contributed by atoms with Crippen LogP contribution in [0.1, 0.15) is 39.7 Å². The molecule has 1 atom stereocenters. The number of carbonyl (C=O) groups is 1. The minimum absolute atomic E-state index is 0.0786. The molecular weight excluding hydrogens is 384 g/mol. The van der Waals surface area contributed by atoms with E-state index in [9.17, 15) is 14.9 Å². The molecule has 0 aliphatic heterocycles. The van der Waals surface area contributed by atoms with Gasteiger partial charge in [0.15, 0.2) is 5.16 Å². The van der Waals surface area contributed by atoms with Gasteiger partial charge in [-0.15, -0.1) is 0 Å². The van der Waals surface area contributed by atoms with Crippen molar-refractivity contribution in [3.05, 3.63) is 33.6 Å². The van der Waals surface area contributed by atoms with Gasteiger partial charge in [-0.05, 0) is 57.7 Å². The Bertz CT molecular complexity index is 994. The first kappa shape index (κ1) is 19.7. The van der Waals surface area contributed by atoms with Gasteiger partial charge in [0.25, 0.3) is 5.56 Å². The molecule has 3 rings (SSSR count). The molecule has 1 aromatic carbocycles. The normalized spacial score (nSPS) is 16.1. The van der Waals surface area contributed by atoms with Crippen molar-refractivity contribution in [3.8, 4) is 6.07 Å². The fourth-order valence-electron chi connectivity index (χ4n) is 3.05. The Morgan fingerprint density at radius 1 is 1.52 bits per heavy atom. The Morgan fingerprint density at radius 3 is 2.81 bits per heavy atom. The maximum absolute atomic E-state index is 12.8. The third-order valence-corrected chi connectivity index (χ3v) is 5.89. The van der Waals surface area contributed by atoms with Crippen molar-refractivity contribution in [2.75, 3.05) is 5.75 Å². The van der Waals surface area contributed by atoms with Crippen LogP contribution >= 0.6 is 23.4 Å². The van der Waals surface area contributed by atoms with Crippen molar-refractivity contribution in [1.29, 1.82) is 5.26 Å². The van der Waals surface area contributed by atoms with Gasteiger partial charge in [-0.25, -0.2) is 4.98 Å². The van der Waals surface area contributed by atoms with E-state index in [1.54, 1.807) is 29.7 Å². The molecule has 1 aliphatic carbocycles. The average molecular weight is 405 g/mol. The van der Waals surface area contributed by atoms with Crippen LogP contribution in [0.3, 0.4) is 0 Å². The second-order valence-corrected chi connectivity index (χ2v) is 8.63. The van der Waals surface area contributed by atoms with Crippen LogP contribution in [-0.2, 0) is 4.79 Å². The highest BCUT2D eigenvalue weighted by molar-refractivity contribution is 7.99. The Balaban J connectivity index is 1.85. The van der Waals surface area contributed by atoms with Gasteiger partial charge in [0, 0.05) is 11.1 Å². The SMILES string of the molecule is CC(C)n1c(SCC(=O)N[C@@](C)(C#N)C2CC2)nc2cc(Cl)ccc2c1=O. The number of nitrogens with one attached hydrogen (secondary N) is 1. The first-order valence-electron chi connectivity index (χ1n) is 8.82. The second kappa shape index (κ2) is 7.53. The highest BCUT2D eigenvalue weighted by Crippen LogP contribution is 2.39. The molecule has 1 fully saturated rings. The zero-order valence-corrected chi connectivity index (χ0v) is 17.0. The summed E-state index contributed by atoms with van der Waals surface area (Å²) in [5.74, 6) is 0.0489. The fourth-order valence-corrected chi connectivity index (χ4v) is 4.14. The molecule has 6 nitrogen and oxygen atoms in total. The maximum atomic E-state index is 12.8. The molecule has 1 heterocycles. The standard InChI is InChI=1S/C19H21ClN4O2S/c1-11(2)24-17(26)14-7-6-13(20)8-15(14)22-18(24)27-9-16(25)23-19(3,10-21)12-4-5-12/h6-8,11-12H,4-5,9H2,1-3H3,(H,23,25)/t19-/m0/s1. The third kappa shape index (κ3) is 4.12. The third-order valence-electron chi connectivity index (χ3n) is 4.71. The largest absolute Gasteiger partial charge is 0.337 e. The number of aromatic nitrogens is 2. The smallest absolute Gasteiger partial charge is 0.262 e. The lowest BCUT2D eigenvalue weighted by atomic mass is 9.98. The van der Waals surface area contributed by atoms with E-state index in [1.807, 2.05) is 13.8 Å². The molecular formula is C19H21ClN4O2S. The first-order valence-corrected chi connectivity index (χ1v) is 10.2. The van der Waals surface area contributed by atoms with Crippen LogP contribution in [0.2, 0.25) is 5.02 Å². The minimum atomic E-state index is -0.834. The Morgan fingerprint density at radius 2 is 2.22 bits per heavy atom. The van der Waals surface area contributed by atoms with Gasteiger partial charge in [0.05, 0.1) is 22.7 Å². The van der Waals surface area contributed by atoms with Gasteiger partial charge in [-0.3, -0.25) is 14.2 Å². The van der Waals surface area contributed by atoms with Crippen molar-refractivity contribution in [2.24, 2.45) is 5.92 Å². The maximum Gasteiger partial charge on any atom is 0.262 e. The van der Waals surface area contributed by atoms with E-state index in [4.69, 9.17) is 11.6 Å². The summed E-state index contributed by atoms with van der Waals surface area (Å²) < 4.78 is 1.58. The van der Waals surface area contributed by atoms with E-state index in [-0.39, 0.29) is 29.2 Å². The number of hydrogen-bond donors (Lipinski definition) is 1. The number of amides is 1. The molecule has 1 amide bonds. The average Bonchev–Trinajstić information content (AvgIpc) is 3.44. The summed E-state index contributed by atoms with van der Waals surface area (Å²) in [4.78, 5) is 29.8. The van der Waals surface area contributed by atoms with Crippen molar-refractivity contribution in [3.63, 3.8) is 0 Å². The molecule has 8 heteroatoms. The molecule has 27 heavy (non-hydrogen) atoms. The quantitative estimate of drug-likeness (QED) is 0.587. The van der Waals surface area contributed by atoms with Gasteiger partial charge >= 0.3 is 0 Å². The van der Waals surface area contributed by atoms with Crippen LogP contribution in [0.25, 0.3) is 10.9 Å². The predicted molar refractivity (Wildman–Crippen MR) is 107 cm³/mol. The van der Waals surface area contributed by atoms with Crippen LogP contribution in [0, 0.1) is 17.2 Å². The molecule has 0 saturated heterocycles. The Kier molecular flexibility index (Phi) is 5.50. The van der Waals surface area contributed by atoms with Crippen LogP contribution < -0.4 is 10.9 Å². The highest BCUT2D eigenvalue weighted by Gasteiger charge is 2.42. The lowest BCUT2D eigenvalue weighted by molar-refractivity contribution is -0.119. The summed E-state index contributed by atoms with van der Waals surface area (Å²) in [6.45, 7) is 5.55. The van der Waals surface area contributed by atoms with Crippen LogP contribution in [0.5, 0.6) is 0 Å². The lowest BCUT2D eigenvalue weighted by Crippen LogP contribution is -2.47. The van der Waals surface area contributed by atoms with E-state index in [1.165, 1.54) is 11.8 Å². The number of halogens is 1. The molecule has 142 valence electrons. The topological polar surface area (TPSA) is 87.8 Å². The minimum Gasteiger partial charge on any atom is -0.337 e. The molecule has 1 aromatic heterocycles. The van der Waals surface area contributed by atoms with E-state index in [0.29, 0.717) is 21.1 Å². The van der Waals surface area contributed by atoms with Gasteiger partial charge in [0.2, 0.25) is 5.91 Å². The summed E-state index contributed by atoms with van der Waals surface area (Å²) in [5, 5.41) is 13.7. The van der Waals surface area contributed by atoms with Crippen molar-refractivity contribution < 1.29 is 4.79 Å². The number of rotatable bonds is 6. The first-order chi connectivity index (χ1) is 12.7. The fraction of sp³-hybridized carbons (Fsp3) is 0.474. The predicted octanol–water partition coefficient (Wildman–Crippen LogP) is 3.53. The Hall–Kier alpha value is -2.04. The lowest BCUT2D eigenvalue weighted by Gasteiger charge is -2.23. The number of fused-ring (bicyclic) bond motifs is 1. The molecule has 0 spiro atoms. The van der Waals surface area contributed by atoms with Crippen LogP contribution in [0.15, 0.2) is 28.2 Å². The number of hydrogen-bond acceptors (Lipinski definition) is 5. The number of nitrogens with zero attached hydrogens (tertiary/aromatic N) is 3. The summed E-state index contributed by atoms with van der Waals surface area (Å²) in [5.41, 5.74) is -0.485. The van der Waals surface area contributed by atoms with Crippen molar-refractivity contribution >= 4 is 40.2 Å². The molecule has 1 aliphatic rings. The summed E-state index contributed by atoms with van der Waals surface area (Å²) in [6, 6.07) is 7.09. The van der Waals surface area contributed by atoms with Gasteiger partial charge in [-0.1, -0.05) is 23.4 Å². The van der Waals surface area contributed by atoms with Crippen molar-refractivity contribution in [2.45, 2.75) is 50.4 Å². The van der Waals surface area contributed by atoms with E-state index in [0.717, 1.165) is 12.8 Å². The Labute approximate surface area is 166 Å². The number of carbonyl (C=O) groups excluding carboxylic acids is 1. The monoisotopic (exact) mass is 404 g/mol. The van der Waals surface area contributed by atoms with E-state index in [2.05, 4.69) is 16.4 Å². The molecule has 1 N–H and O–H groups in total. The molecule has 0 bridgehead atoms. The van der Waals surface area contributed by atoms with E-state index >= 15 is 0 Å². The number of thioether (sulfide) groups is 1. The highest BCUT2D eigenvalue weighted by atomic mass is 35.5. The summed E-state index contributed by atoms with van der Waals surface area (Å²) in [6.07, 6.45) is 1.91. The summed E-state index contributed by atoms with van der Waals surface area (Å²) >= 11 is 7.22. The molecule has 0 unspecified atom stereocenters.